The van der Waals surface area contributed by atoms with Crippen LogP contribution in [0.15, 0.2) is 54.2 Å². The van der Waals surface area contributed by atoms with Gasteiger partial charge in [0.1, 0.15) is 28.5 Å². The second-order valence-electron chi connectivity index (χ2n) is 5.86. The van der Waals surface area contributed by atoms with E-state index >= 15 is 0 Å². The number of hydrogen-bond acceptors (Lipinski definition) is 8. The predicted molar refractivity (Wildman–Crippen MR) is 107 cm³/mol. The molecule has 0 spiro atoms. The Hall–Kier alpha value is -3.72. The summed E-state index contributed by atoms with van der Waals surface area (Å²) in [5.74, 6) is 1.09. The molecule has 0 saturated carbocycles. The molecule has 0 atom stereocenters. The van der Waals surface area contributed by atoms with Crippen LogP contribution in [0.3, 0.4) is 0 Å². The van der Waals surface area contributed by atoms with Crippen LogP contribution in [0.25, 0.3) is 21.3 Å². The van der Waals surface area contributed by atoms with Crippen molar-refractivity contribution < 1.29 is 14.8 Å². The number of ether oxygens (including phenoxy) is 1. The number of nitrogens with one attached hydrogen (secondary N) is 1. The average Bonchev–Trinajstić information content (AvgIpc) is 3.14. The van der Waals surface area contributed by atoms with E-state index in [4.69, 9.17) is 4.74 Å². The second kappa shape index (κ2) is 7.12. The van der Waals surface area contributed by atoms with Gasteiger partial charge in [-0.15, -0.1) is 11.3 Å². The van der Waals surface area contributed by atoms with E-state index in [1.54, 1.807) is 7.11 Å². The Morgan fingerprint density at radius 3 is 2.68 bits per heavy atom. The fraction of sp³-hybridized carbons (Fsp3) is 0.0526. The number of non-ortho nitro benzene ring substituents is 1. The van der Waals surface area contributed by atoms with Gasteiger partial charge in [0.25, 0.3) is 5.69 Å². The maximum absolute atomic E-state index is 11.0. The number of rotatable bonds is 5. The number of hydrogen-bond donors (Lipinski definition) is 2. The van der Waals surface area contributed by atoms with Crippen LogP contribution in [0, 0.1) is 10.1 Å². The summed E-state index contributed by atoms with van der Waals surface area (Å²) >= 11 is 1.46. The SMILES string of the molecule is COc1ccc(-c2csc3ncnc(Nc4cc([N+](=O)[O-])ccc4O)c23)cc1. The lowest BCUT2D eigenvalue weighted by Gasteiger charge is -2.10. The average molecular weight is 394 g/mol. The van der Waals surface area contributed by atoms with Crippen LogP contribution in [0.2, 0.25) is 0 Å². The lowest BCUT2D eigenvalue weighted by atomic mass is 10.1. The van der Waals surface area contributed by atoms with E-state index in [2.05, 4.69) is 15.3 Å². The molecule has 2 N–H and O–H groups in total. The van der Waals surface area contributed by atoms with Gasteiger partial charge in [0.15, 0.2) is 0 Å². The molecule has 4 rings (SSSR count). The molecule has 4 aromatic rings. The third-order valence-corrected chi connectivity index (χ3v) is 5.10. The van der Waals surface area contributed by atoms with E-state index < -0.39 is 4.92 Å². The minimum atomic E-state index is -0.520. The molecule has 0 aliphatic rings. The molecular formula is C19H14N4O4S. The van der Waals surface area contributed by atoms with Crippen molar-refractivity contribution in [2.45, 2.75) is 0 Å². The maximum atomic E-state index is 11.0. The standard InChI is InChI=1S/C19H14N4O4S/c1-27-13-5-2-11(3-6-13)14-9-28-19-17(14)18(20-10-21-19)22-15-8-12(23(25)26)4-7-16(15)24/h2-10,24H,1H3,(H,20,21,22). The minimum Gasteiger partial charge on any atom is -0.506 e. The number of anilines is 2. The number of fused-ring (bicyclic) bond motifs is 1. The zero-order valence-corrected chi connectivity index (χ0v) is 15.4. The van der Waals surface area contributed by atoms with Crippen LogP contribution >= 0.6 is 11.3 Å². The number of methoxy groups -OCH3 is 1. The first-order valence-electron chi connectivity index (χ1n) is 8.18. The number of phenols is 1. The molecule has 0 radical (unpaired) electrons. The van der Waals surface area contributed by atoms with Crippen LogP contribution in [0.5, 0.6) is 11.5 Å². The summed E-state index contributed by atoms with van der Waals surface area (Å²) in [5, 5.41) is 26.9. The number of aromatic hydroxyl groups is 1. The lowest BCUT2D eigenvalue weighted by Crippen LogP contribution is -1.97. The summed E-state index contributed by atoms with van der Waals surface area (Å²) in [6.45, 7) is 0. The van der Waals surface area contributed by atoms with Crippen LogP contribution in [-0.2, 0) is 0 Å². The Balaban J connectivity index is 1.81. The van der Waals surface area contributed by atoms with E-state index in [0.717, 1.165) is 27.1 Å². The number of nitro benzene ring substituents is 1. The molecular weight excluding hydrogens is 380 g/mol. The Morgan fingerprint density at radius 2 is 1.96 bits per heavy atom. The number of nitro groups is 1. The van der Waals surface area contributed by atoms with Crippen molar-refractivity contribution in [1.29, 1.82) is 0 Å². The molecule has 28 heavy (non-hydrogen) atoms. The van der Waals surface area contributed by atoms with E-state index in [0.29, 0.717) is 5.82 Å². The Bertz CT molecular complexity index is 1170. The van der Waals surface area contributed by atoms with Gasteiger partial charge in [0, 0.05) is 23.1 Å². The zero-order chi connectivity index (χ0) is 19.7. The normalized spacial score (nSPS) is 10.8. The predicted octanol–water partition coefficient (Wildman–Crippen LogP) is 4.72. The number of phenolic OH excluding ortho intramolecular Hbond substituents is 1. The molecule has 0 aliphatic carbocycles. The van der Waals surface area contributed by atoms with Crippen molar-refractivity contribution in [2.24, 2.45) is 0 Å². The highest BCUT2D eigenvalue weighted by Crippen LogP contribution is 2.39. The van der Waals surface area contributed by atoms with Gasteiger partial charge in [-0.1, -0.05) is 12.1 Å². The molecule has 8 nitrogen and oxygen atoms in total. The number of thiophene rings is 1. The Labute approximate surface area is 163 Å². The zero-order valence-electron chi connectivity index (χ0n) is 14.6. The summed E-state index contributed by atoms with van der Waals surface area (Å²) < 4.78 is 5.20. The van der Waals surface area contributed by atoms with Crippen molar-refractivity contribution >= 4 is 38.7 Å². The minimum absolute atomic E-state index is 0.112. The van der Waals surface area contributed by atoms with Crippen LogP contribution in [0.4, 0.5) is 17.2 Å². The number of nitrogens with zero attached hydrogens (tertiary/aromatic N) is 3. The second-order valence-corrected chi connectivity index (χ2v) is 6.72. The monoisotopic (exact) mass is 394 g/mol. The van der Waals surface area contributed by atoms with Gasteiger partial charge in [-0.25, -0.2) is 9.97 Å². The first-order valence-corrected chi connectivity index (χ1v) is 9.06. The van der Waals surface area contributed by atoms with Gasteiger partial charge in [-0.2, -0.15) is 0 Å². The molecule has 2 heterocycles. The molecule has 0 fully saturated rings. The Morgan fingerprint density at radius 1 is 1.18 bits per heavy atom. The van der Waals surface area contributed by atoms with E-state index in [1.165, 1.54) is 35.9 Å². The molecule has 2 aromatic heterocycles. The molecule has 0 unspecified atom stereocenters. The Kier molecular flexibility index (Phi) is 4.50. The van der Waals surface area contributed by atoms with Gasteiger partial charge in [-0.3, -0.25) is 10.1 Å². The van der Waals surface area contributed by atoms with Crippen molar-refractivity contribution in [1.82, 2.24) is 9.97 Å². The van der Waals surface area contributed by atoms with E-state index in [1.807, 2.05) is 29.6 Å². The quantitative estimate of drug-likeness (QED) is 0.286. The molecule has 2 aromatic carbocycles. The molecule has 0 aliphatic heterocycles. The van der Waals surface area contributed by atoms with Gasteiger partial charge < -0.3 is 15.2 Å². The lowest BCUT2D eigenvalue weighted by molar-refractivity contribution is -0.384. The van der Waals surface area contributed by atoms with Crippen molar-refractivity contribution in [3.63, 3.8) is 0 Å². The molecule has 0 amide bonds. The highest BCUT2D eigenvalue weighted by molar-refractivity contribution is 7.17. The van der Waals surface area contributed by atoms with E-state index in [-0.39, 0.29) is 17.1 Å². The first-order chi connectivity index (χ1) is 13.6. The summed E-state index contributed by atoms with van der Waals surface area (Å²) in [6, 6.07) is 11.4. The van der Waals surface area contributed by atoms with Crippen LogP contribution in [-0.4, -0.2) is 27.1 Å². The third-order valence-electron chi connectivity index (χ3n) is 4.22. The third kappa shape index (κ3) is 3.19. The van der Waals surface area contributed by atoms with Crippen molar-refractivity contribution in [3.05, 3.63) is 64.3 Å². The highest BCUT2D eigenvalue weighted by Gasteiger charge is 2.16. The largest absolute Gasteiger partial charge is 0.506 e. The summed E-state index contributed by atoms with van der Waals surface area (Å²) in [7, 11) is 1.61. The highest BCUT2D eigenvalue weighted by atomic mass is 32.1. The number of aromatic nitrogens is 2. The van der Waals surface area contributed by atoms with Crippen molar-refractivity contribution in [3.8, 4) is 22.6 Å². The van der Waals surface area contributed by atoms with Gasteiger partial charge in [0.05, 0.1) is 23.1 Å². The summed E-state index contributed by atoms with van der Waals surface area (Å²) in [5.41, 5.74) is 1.93. The fourth-order valence-electron chi connectivity index (χ4n) is 2.82. The molecule has 140 valence electrons. The van der Waals surface area contributed by atoms with Crippen LogP contribution < -0.4 is 10.1 Å². The van der Waals surface area contributed by atoms with Gasteiger partial charge in [0.2, 0.25) is 0 Å². The molecule has 0 saturated heterocycles. The molecule has 0 bridgehead atoms. The van der Waals surface area contributed by atoms with Crippen molar-refractivity contribution in [2.75, 3.05) is 12.4 Å². The molecule has 9 heteroatoms. The number of benzene rings is 2. The fourth-order valence-corrected chi connectivity index (χ4v) is 3.73. The topological polar surface area (TPSA) is 110 Å². The van der Waals surface area contributed by atoms with Crippen LogP contribution in [0.1, 0.15) is 0 Å². The smallest absolute Gasteiger partial charge is 0.271 e. The summed E-state index contributed by atoms with van der Waals surface area (Å²) in [4.78, 5) is 19.9. The van der Waals surface area contributed by atoms with E-state index in [9.17, 15) is 15.2 Å². The first kappa shape index (κ1) is 17.7. The van der Waals surface area contributed by atoms with Gasteiger partial charge >= 0.3 is 0 Å². The van der Waals surface area contributed by atoms with Gasteiger partial charge in [-0.05, 0) is 23.8 Å². The summed E-state index contributed by atoms with van der Waals surface area (Å²) in [6.07, 6.45) is 1.41. The maximum Gasteiger partial charge on any atom is 0.271 e.